The standard InChI is InChI=1S/C16H18ClN3O2S/c1-9-10(2)18-16(19-11(9)3)23-8-15(21)20-12-5-6-14(22-4)13(17)7-12/h5-7H,8H2,1-4H3,(H,20,21). The maximum absolute atomic E-state index is 12.0. The first-order valence-electron chi connectivity index (χ1n) is 6.98. The third-order valence-corrected chi connectivity index (χ3v) is 4.52. The number of aromatic nitrogens is 2. The average Bonchev–Trinajstić information content (AvgIpc) is 2.50. The van der Waals surface area contributed by atoms with Gasteiger partial charge < -0.3 is 10.1 Å². The Morgan fingerprint density at radius 2 is 1.91 bits per heavy atom. The molecule has 7 heteroatoms. The van der Waals surface area contributed by atoms with Gasteiger partial charge in [0.25, 0.3) is 0 Å². The second-order valence-corrected chi connectivity index (χ2v) is 6.34. The Balaban J connectivity index is 1.96. The van der Waals surface area contributed by atoms with Crippen LogP contribution in [0.4, 0.5) is 5.69 Å². The maximum atomic E-state index is 12.0. The van der Waals surface area contributed by atoms with Gasteiger partial charge in [0.05, 0.1) is 17.9 Å². The van der Waals surface area contributed by atoms with Gasteiger partial charge in [-0.25, -0.2) is 9.97 Å². The molecule has 122 valence electrons. The average molecular weight is 352 g/mol. The molecule has 0 saturated carbocycles. The highest BCUT2D eigenvalue weighted by Gasteiger charge is 2.09. The SMILES string of the molecule is COc1ccc(NC(=O)CSc2nc(C)c(C)c(C)n2)cc1Cl. The molecule has 2 aromatic rings. The highest BCUT2D eigenvalue weighted by molar-refractivity contribution is 7.99. The smallest absolute Gasteiger partial charge is 0.234 e. The zero-order chi connectivity index (χ0) is 17.0. The van der Waals surface area contributed by atoms with Gasteiger partial charge in [0.15, 0.2) is 5.16 Å². The minimum atomic E-state index is -0.143. The van der Waals surface area contributed by atoms with Gasteiger partial charge in [-0.1, -0.05) is 23.4 Å². The Morgan fingerprint density at radius 1 is 1.26 bits per heavy atom. The van der Waals surface area contributed by atoms with Gasteiger partial charge in [-0.3, -0.25) is 4.79 Å². The molecule has 2 rings (SSSR count). The van der Waals surface area contributed by atoms with Crippen molar-refractivity contribution in [3.8, 4) is 5.75 Å². The molecule has 0 aliphatic rings. The fourth-order valence-electron chi connectivity index (χ4n) is 1.88. The first kappa shape index (κ1) is 17.6. The predicted octanol–water partition coefficient (Wildman–Crippen LogP) is 3.79. The number of aryl methyl sites for hydroxylation is 2. The fourth-order valence-corrected chi connectivity index (χ4v) is 2.87. The lowest BCUT2D eigenvalue weighted by Crippen LogP contribution is -2.14. The molecule has 0 aliphatic heterocycles. The van der Waals surface area contributed by atoms with E-state index in [1.165, 1.54) is 11.8 Å². The second kappa shape index (κ2) is 7.66. The molecular formula is C16H18ClN3O2S. The van der Waals surface area contributed by atoms with Gasteiger partial charge in [0.1, 0.15) is 5.75 Å². The summed E-state index contributed by atoms with van der Waals surface area (Å²) in [7, 11) is 1.54. The summed E-state index contributed by atoms with van der Waals surface area (Å²) in [6.07, 6.45) is 0. The highest BCUT2D eigenvalue weighted by atomic mass is 35.5. The number of hydrogen-bond acceptors (Lipinski definition) is 5. The van der Waals surface area contributed by atoms with Crippen LogP contribution in [0.3, 0.4) is 0 Å². The van der Waals surface area contributed by atoms with Crippen LogP contribution < -0.4 is 10.1 Å². The van der Waals surface area contributed by atoms with Crippen molar-refractivity contribution < 1.29 is 9.53 Å². The first-order chi connectivity index (χ1) is 10.9. The van der Waals surface area contributed by atoms with E-state index in [0.717, 1.165) is 17.0 Å². The summed E-state index contributed by atoms with van der Waals surface area (Å²) in [4.78, 5) is 20.8. The number of halogens is 1. The van der Waals surface area contributed by atoms with Gasteiger partial charge >= 0.3 is 0 Å². The molecule has 1 amide bonds. The van der Waals surface area contributed by atoms with Crippen LogP contribution in [0, 0.1) is 20.8 Å². The molecule has 0 unspecified atom stereocenters. The van der Waals surface area contributed by atoms with Crippen molar-refractivity contribution in [1.82, 2.24) is 9.97 Å². The van der Waals surface area contributed by atoms with Crippen LogP contribution in [-0.2, 0) is 4.79 Å². The van der Waals surface area contributed by atoms with Crippen LogP contribution in [0.2, 0.25) is 5.02 Å². The van der Waals surface area contributed by atoms with Crippen LogP contribution in [0.15, 0.2) is 23.4 Å². The third-order valence-electron chi connectivity index (χ3n) is 3.38. The van der Waals surface area contributed by atoms with Crippen LogP contribution >= 0.6 is 23.4 Å². The van der Waals surface area contributed by atoms with E-state index >= 15 is 0 Å². The number of rotatable bonds is 5. The van der Waals surface area contributed by atoms with Gasteiger partial charge in [0.2, 0.25) is 5.91 Å². The Kier molecular flexibility index (Phi) is 5.85. The molecular weight excluding hydrogens is 334 g/mol. The molecule has 0 radical (unpaired) electrons. The zero-order valence-corrected chi connectivity index (χ0v) is 15.0. The van der Waals surface area contributed by atoms with E-state index in [0.29, 0.717) is 21.6 Å². The maximum Gasteiger partial charge on any atom is 0.234 e. The van der Waals surface area contributed by atoms with Gasteiger partial charge in [-0.2, -0.15) is 0 Å². The summed E-state index contributed by atoms with van der Waals surface area (Å²) < 4.78 is 5.08. The number of ether oxygens (including phenoxy) is 1. The second-order valence-electron chi connectivity index (χ2n) is 4.99. The van der Waals surface area contributed by atoms with Crippen LogP contribution in [-0.4, -0.2) is 28.7 Å². The summed E-state index contributed by atoms with van der Waals surface area (Å²) >= 11 is 7.34. The van der Waals surface area contributed by atoms with Gasteiger partial charge in [-0.15, -0.1) is 0 Å². The fraction of sp³-hybridized carbons (Fsp3) is 0.312. The number of anilines is 1. The van der Waals surface area contributed by atoms with Crippen molar-refractivity contribution >= 4 is 35.0 Å². The minimum absolute atomic E-state index is 0.143. The van der Waals surface area contributed by atoms with E-state index < -0.39 is 0 Å². The number of benzene rings is 1. The molecule has 1 aromatic carbocycles. The van der Waals surface area contributed by atoms with Crippen molar-refractivity contribution in [3.05, 3.63) is 40.2 Å². The molecule has 5 nitrogen and oxygen atoms in total. The number of hydrogen-bond donors (Lipinski definition) is 1. The number of thioether (sulfide) groups is 1. The van der Waals surface area contributed by atoms with E-state index in [1.807, 2.05) is 20.8 Å². The topological polar surface area (TPSA) is 64.1 Å². The molecule has 0 aliphatic carbocycles. The number of amides is 1. The molecule has 1 heterocycles. The van der Waals surface area contributed by atoms with Crippen molar-refractivity contribution in [2.45, 2.75) is 25.9 Å². The Labute approximate surface area is 144 Å². The molecule has 0 fully saturated rings. The molecule has 0 saturated heterocycles. The Bertz CT molecular complexity index is 714. The van der Waals surface area contributed by atoms with E-state index in [9.17, 15) is 4.79 Å². The van der Waals surface area contributed by atoms with Crippen LogP contribution in [0.5, 0.6) is 5.75 Å². The van der Waals surface area contributed by atoms with Crippen molar-refractivity contribution in [3.63, 3.8) is 0 Å². The number of carbonyl (C=O) groups excluding carboxylic acids is 1. The Morgan fingerprint density at radius 3 is 2.48 bits per heavy atom. The highest BCUT2D eigenvalue weighted by Crippen LogP contribution is 2.27. The quantitative estimate of drug-likeness (QED) is 0.655. The van der Waals surface area contributed by atoms with Crippen molar-refractivity contribution in [2.24, 2.45) is 0 Å². The molecule has 0 spiro atoms. The summed E-state index contributed by atoms with van der Waals surface area (Å²) in [6, 6.07) is 5.10. The van der Waals surface area contributed by atoms with Gasteiger partial charge in [0, 0.05) is 17.1 Å². The van der Waals surface area contributed by atoms with E-state index in [1.54, 1.807) is 25.3 Å². The molecule has 23 heavy (non-hydrogen) atoms. The van der Waals surface area contributed by atoms with E-state index in [4.69, 9.17) is 16.3 Å². The van der Waals surface area contributed by atoms with Crippen LogP contribution in [0.25, 0.3) is 0 Å². The predicted molar refractivity (Wildman–Crippen MR) is 93.6 cm³/mol. The summed E-state index contributed by atoms with van der Waals surface area (Å²) in [6.45, 7) is 5.86. The normalized spacial score (nSPS) is 10.5. The van der Waals surface area contributed by atoms with E-state index in [2.05, 4.69) is 15.3 Å². The molecule has 1 N–H and O–H groups in total. The zero-order valence-electron chi connectivity index (χ0n) is 13.4. The molecule has 0 atom stereocenters. The Hall–Kier alpha value is -1.79. The number of methoxy groups -OCH3 is 1. The lowest BCUT2D eigenvalue weighted by atomic mass is 10.2. The molecule has 0 bridgehead atoms. The lowest BCUT2D eigenvalue weighted by Gasteiger charge is -2.09. The van der Waals surface area contributed by atoms with Crippen LogP contribution in [0.1, 0.15) is 17.0 Å². The largest absolute Gasteiger partial charge is 0.495 e. The monoisotopic (exact) mass is 351 g/mol. The lowest BCUT2D eigenvalue weighted by molar-refractivity contribution is -0.113. The van der Waals surface area contributed by atoms with Crippen molar-refractivity contribution in [2.75, 3.05) is 18.2 Å². The summed E-state index contributed by atoms with van der Waals surface area (Å²) in [5.41, 5.74) is 3.56. The summed E-state index contributed by atoms with van der Waals surface area (Å²) in [5.74, 6) is 0.653. The minimum Gasteiger partial charge on any atom is -0.495 e. The first-order valence-corrected chi connectivity index (χ1v) is 8.35. The number of nitrogens with one attached hydrogen (secondary N) is 1. The third kappa shape index (κ3) is 4.59. The summed E-state index contributed by atoms with van der Waals surface area (Å²) in [5, 5.41) is 3.84. The number of nitrogens with zero attached hydrogens (tertiary/aromatic N) is 2. The van der Waals surface area contributed by atoms with Crippen molar-refractivity contribution in [1.29, 1.82) is 0 Å². The number of carbonyl (C=O) groups is 1. The molecule has 1 aromatic heterocycles. The van der Waals surface area contributed by atoms with E-state index in [-0.39, 0.29) is 11.7 Å². The van der Waals surface area contributed by atoms with Gasteiger partial charge in [-0.05, 0) is 44.5 Å².